The van der Waals surface area contributed by atoms with E-state index in [0.29, 0.717) is 17.4 Å². The van der Waals surface area contributed by atoms with Crippen LogP contribution in [-0.4, -0.2) is 67.6 Å². The number of benzene rings is 2. The second-order valence-corrected chi connectivity index (χ2v) is 9.65. The molecular formula is C25H28ClFN4O3S. The highest BCUT2D eigenvalue weighted by molar-refractivity contribution is 7.22. The number of para-hydroxylation sites is 1. The molecule has 2 saturated heterocycles. The molecule has 0 aliphatic carbocycles. The van der Waals surface area contributed by atoms with Crippen LogP contribution in [-0.2, 0) is 14.3 Å². The third-order valence-electron chi connectivity index (χ3n) is 6.35. The number of carbonyl (C=O) groups is 2. The fraction of sp³-hybridized carbons (Fsp3) is 0.400. The van der Waals surface area contributed by atoms with Crippen molar-refractivity contribution < 1.29 is 18.7 Å². The number of thiazole rings is 1. The second-order valence-electron chi connectivity index (χ2n) is 8.64. The normalized spacial score (nSPS) is 18.6. The van der Waals surface area contributed by atoms with Crippen LogP contribution in [0.4, 0.5) is 15.2 Å². The molecule has 0 radical (unpaired) electrons. The molecule has 2 aromatic carbocycles. The van der Waals surface area contributed by atoms with E-state index in [4.69, 9.17) is 9.72 Å². The van der Waals surface area contributed by atoms with Gasteiger partial charge in [0.2, 0.25) is 11.8 Å². The Morgan fingerprint density at radius 1 is 1.14 bits per heavy atom. The lowest BCUT2D eigenvalue weighted by Crippen LogP contribution is -2.41. The number of hydrogen-bond donors (Lipinski definition) is 0. The average Bonchev–Trinajstić information content (AvgIpc) is 3.46. The maximum atomic E-state index is 13.7. The van der Waals surface area contributed by atoms with Crippen LogP contribution >= 0.6 is 23.7 Å². The number of anilines is 2. The molecular weight excluding hydrogens is 491 g/mol. The zero-order valence-electron chi connectivity index (χ0n) is 19.3. The predicted octanol–water partition coefficient (Wildman–Crippen LogP) is 3.97. The minimum atomic E-state index is -0.465. The summed E-state index contributed by atoms with van der Waals surface area (Å²) in [7, 11) is 0. The van der Waals surface area contributed by atoms with Crippen LogP contribution in [0.15, 0.2) is 48.5 Å². The van der Waals surface area contributed by atoms with Gasteiger partial charge in [-0.2, -0.15) is 0 Å². The zero-order valence-corrected chi connectivity index (χ0v) is 20.9. The second kappa shape index (κ2) is 11.4. The maximum absolute atomic E-state index is 13.7. The van der Waals surface area contributed by atoms with Crippen molar-refractivity contribution in [2.45, 2.75) is 12.8 Å². The number of carbonyl (C=O) groups excluding carboxylic acids is 2. The van der Waals surface area contributed by atoms with Crippen LogP contribution in [0, 0.1) is 11.7 Å². The van der Waals surface area contributed by atoms with Crippen molar-refractivity contribution in [1.29, 1.82) is 0 Å². The first kappa shape index (κ1) is 25.5. The van der Waals surface area contributed by atoms with Crippen LogP contribution in [0.3, 0.4) is 0 Å². The summed E-state index contributed by atoms with van der Waals surface area (Å²) in [5.74, 6) is -1.03. The average molecular weight is 519 g/mol. The number of ether oxygens (including phenoxy) is 1. The van der Waals surface area contributed by atoms with Crippen LogP contribution in [0.1, 0.15) is 12.8 Å². The van der Waals surface area contributed by atoms with Gasteiger partial charge in [-0.1, -0.05) is 23.5 Å². The van der Waals surface area contributed by atoms with Gasteiger partial charge in [-0.3, -0.25) is 19.4 Å². The highest BCUT2D eigenvalue weighted by Crippen LogP contribution is 2.32. The topological polar surface area (TPSA) is 66.0 Å². The van der Waals surface area contributed by atoms with Crippen molar-refractivity contribution >= 4 is 56.6 Å². The molecule has 5 rings (SSSR count). The third-order valence-corrected chi connectivity index (χ3v) is 7.41. The molecule has 0 bridgehead atoms. The van der Waals surface area contributed by atoms with E-state index in [9.17, 15) is 14.0 Å². The van der Waals surface area contributed by atoms with Crippen molar-refractivity contribution in [2.24, 2.45) is 5.92 Å². The molecule has 2 fully saturated rings. The SMILES string of the molecule is Cl.O=C1CC(C(=O)N(CCCN2CCOCC2)c2nc3ccccc3s2)CN1c1ccc(F)cc1. The number of rotatable bonds is 7. The number of hydrogen-bond acceptors (Lipinski definition) is 6. The molecule has 3 aromatic rings. The first-order valence-corrected chi connectivity index (χ1v) is 12.4. The Kier molecular flexibility index (Phi) is 8.33. The van der Waals surface area contributed by atoms with Crippen molar-refractivity contribution in [2.75, 3.05) is 55.7 Å². The summed E-state index contributed by atoms with van der Waals surface area (Å²) in [6, 6.07) is 13.7. The van der Waals surface area contributed by atoms with Crippen LogP contribution < -0.4 is 9.80 Å². The number of morpholine rings is 1. The van der Waals surface area contributed by atoms with Gasteiger partial charge in [0, 0.05) is 44.8 Å². The molecule has 3 heterocycles. The molecule has 7 nitrogen and oxygen atoms in total. The smallest absolute Gasteiger partial charge is 0.234 e. The minimum absolute atomic E-state index is 0. The standard InChI is InChI=1S/C25H27FN4O3S.ClH/c26-19-6-8-20(9-7-19)30-17-18(16-23(30)31)24(32)29(11-3-10-28-12-14-33-15-13-28)25-27-21-4-1-2-5-22(21)34-25;/h1-2,4-9,18H,3,10-17H2;1H. The fourth-order valence-corrected chi connectivity index (χ4v) is 5.51. The summed E-state index contributed by atoms with van der Waals surface area (Å²) in [6.07, 6.45) is 0.949. The number of nitrogens with zero attached hydrogens (tertiary/aromatic N) is 4. The van der Waals surface area contributed by atoms with Crippen LogP contribution in [0.5, 0.6) is 0 Å². The number of fused-ring (bicyclic) bond motifs is 1. The first-order chi connectivity index (χ1) is 16.6. The van der Waals surface area contributed by atoms with Gasteiger partial charge in [0.1, 0.15) is 5.82 Å². The van der Waals surface area contributed by atoms with Gasteiger partial charge in [0.05, 0.1) is 29.3 Å². The summed E-state index contributed by atoms with van der Waals surface area (Å²) in [6.45, 7) is 4.99. The van der Waals surface area contributed by atoms with E-state index in [0.717, 1.165) is 49.5 Å². The lowest BCUT2D eigenvalue weighted by molar-refractivity contribution is -0.124. The summed E-state index contributed by atoms with van der Waals surface area (Å²) >= 11 is 1.50. The molecule has 2 amide bonds. The molecule has 2 aliphatic rings. The first-order valence-electron chi connectivity index (χ1n) is 11.6. The number of amides is 2. The number of aromatic nitrogens is 1. The predicted molar refractivity (Wildman–Crippen MR) is 138 cm³/mol. The van der Waals surface area contributed by atoms with Gasteiger partial charge in [0.25, 0.3) is 0 Å². The van der Waals surface area contributed by atoms with E-state index >= 15 is 0 Å². The third kappa shape index (κ3) is 5.81. The maximum Gasteiger partial charge on any atom is 0.234 e. The summed E-state index contributed by atoms with van der Waals surface area (Å²) in [4.78, 5) is 36.8. The molecule has 0 N–H and O–H groups in total. The molecule has 186 valence electrons. The van der Waals surface area contributed by atoms with Gasteiger partial charge in [-0.05, 0) is 42.8 Å². The fourth-order valence-electron chi connectivity index (χ4n) is 4.52. The molecule has 1 atom stereocenters. The minimum Gasteiger partial charge on any atom is -0.379 e. The van der Waals surface area contributed by atoms with Crippen molar-refractivity contribution in [1.82, 2.24) is 9.88 Å². The molecule has 1 aromatic heterocycles. The molecule has 1 unspecified atom stereocenters. The Hall–Kier alpha value is -2.59. The van der Waals surface area contributed by atoms with Crippen LogP contribution in [0.25, 0.3) is 10.2 Å². The van der Waals surface area contributed by atoms with E-state index < -0.39 is 5.92 Å². The van der Waals surface area contributed by atoms with Crippen molar-refractivity contribution in [3.8, 4) is 0 Å². The summed E-state index contributed by atoms with van der Waals surface area (Å²) < 4.78 is 19.8. The molecule has 0 spiro atoms. The number of halogens is 2. The Morgan fingerprint density at radius 2 is 1.89 bits per heavy atom. The zero-order chi connectivity index (χ0) is 23.5. The Balaban J connectivity index is 0.00000289. The lowest BCUT2D eigenvalue weighted by atomic mass is 10.1. The van der Waals surface area contributed by atoms with E-state index in [1.54, 1.807) is 21.9 Å². The van der Waals surface area contributed by atoms with Gasteiger partial charge in [-0.25, -0.2) is 9.37 Å². The van der Waals surface area contributed by atoms with E-state index in [1.165, 1.54) is 23.5 Å². The summed E-state index contributed by atoms with van der Waals surface area (Å²) in [5.41, 5.74) is 1.48. The molecule has 10 heteroatoms. The quantitative estimate of drug-likeness (QED) is 0.473. The van der Waals surface area contributed by atoms with Gasteiger partial charge in [0.15, 0.2) is 5.13 Å². The van der Waals surface area contributed by atoms with Crippen molar-refractivity contribution in [3.63, 3.8) is 0 Å². The molecule has 35 heavy (non-hydrogen) atoms. The Bertz CT molecular complexity index is 1140. The Labute approximate surface area is 213 Å². The Morgan fingerprint density at radius 3 is 2.63 bits per heavy atom. The largest absolute Gasteiger partial charge is 0.379 e. The molecule has 2 aliphatic heterocycles. The monoisotopic (exact) mass is 518 g/mol. The highest BCUT2D eigenvalue weighted by Gasteiger charge is 2.38. The van der Waals surface area contributed by atoms with Crippen molar-refractivity contribution in [3.05, 3.63) is 54.3 Å². The highest BCUT2D eigenvalue weighted by atomic mass is 35.5. The summed E-state index contributed by atoms with van der Waals surface area (Å²) in [5, 5.41) is 0.667. The van der Waals surface area contributed by atoms with E-state index in [2.05, 4.69) is 4.90 Å². The van der Waals surface area contributed by atoms with E-state index in [1.807, 2.05) is 24.3 Å². The lowest BCUT2D eigenvalue weighted by Gasteiger charge is -2.28. The van der Waals surface area contributed by atoms with Gasteiger partial charge >= 0.3 is 0 Å². The van der Waals surface area contributed by atoms with Crippen LogP contribution in [0.2, 0.25) is 0 Å². The van der Waals surface area contributed by atoms with Gasteiger partial charge < -0.3 is 9.64 Å². The molecule has 0 saturated carbocycles. The van der Waals surface area contributed by atoms with Gasteiger partial charge in [-0.15, -0.1) is 12.4 Å². The van der Waals surface area contributed by atoms with E-state index in [-0.39, 0.29) is 43.0 Å².